The predicted octanol–water partition coefficient (Wildman–Crippen LogP) is -0.241. The number of hydrogen-bond donors (Lipinski definition) is 7. The van der Waals surface area contributed by atoms with Gasteiger partial charge in [-0.2, -0.15) is 5.10 Å². The molecule has 0 aliphatic carbocycles. The Balaban J connectivity index is 1.50. The number of nitrogens with one attached hydrogen (secondary N) is 4. The number of rotatable bonds is 13. The van der Waals surface area contributed by atoms with Crippen LogP contribution in [0.1, 0.15) is 36.0 Å². The lowest BCUT2D eigenvalue weighted by molar-refractivity contribution is -0.140. The van der Waals surface area contributed by atoms with Gasteiger partial charge in [-0.15, -0.1) is 0 Å². The van der Waals surface area contributed by atoms with E-state index in [1.165, 1.54) is 4.90 Å². The maximum atomic E-state index is 14.0. The number of alkyl carbamates (subject to hydrolysis) is 1. The van der Waals surface area contributed by atoms with E-state index in [1.807, 2.05) is 5.43 Å². The van der Waals surface area contributed by atoms with Crippen LogP contribution < -0.4 is 32.0 Å². The van der Waals surface area contributed by atoms with Crippen molar-refractivity contribution in [3.63, 3.8) is 0 Å². The van der Waals surface area contributed by atoms with Gasteiger partial charge in [0.2, 0.25) is 17.7 Å². The lowest BCUT2D eigenvalue weighted by atomic mass is 10.0. The third kappa shape index (κ3) is 9.03. The molecule has 2 aromatic rings. The zero-order valence-electron chi connectivity index (χ0n) is 24.9. The lowest BCUT2D eigenvalue weighted by Gasteiger charge is -2.29. The Morgan fingerprint density at radius 1 is 0.979 bits per heavy atom. The number of aryl methyl sites for hydroxylation is 1. The summed E-state index contributed by atoms with van der Waals surface area (Å²) in [6.45, 7) is -0.130. The number of aliphatic carboxylic acids is 2. The monoisotopic (exact) mass is 651 g/mol. The number of carboxylic acids is 2. The van der Waals surface area contributed by atoms with Crippen LogP contribution >= 0.6 is 0 Å². The van der Waals surface area contributed by atoms with E-state index in [1.54, 1.807) is 48.5 Å². The number of primary amides is 1. The minimum atomic E-state index is -1.59. The molecule has 0 saturated heterocycles. The molecule has 2 heterocycles. The number of nitrogens with two attached hydrogens (primary N) is 1. The highest BCUT2D eigenvalue weighted by atomic mass is 16.5. The van der Waals surface area contributed by atoms with Crippen LogP contribution in [0.25, 0.3) is 0 Å². The molecule has 0 aromatic heterocycles. The van der Waals surface area contributed by atoms with Crippen molar-refractivity contribution in [3.8, 4) is 0 Å². The Labute approximate surface area is 267 Å². The van der Waals surface area contributed by atoms with Crippen molar-refractivity contribution in [2.75, 3.05) is 4.90 Å². The normalized spacial score (nSPS) is 17.9. The topological polar surface area (TPSA) is 259 Å². The number of urea groups is 1. The Morgan fingerprint density at radius 3 is 2.36 bits per heavy atom. The number of carboxylic acid groups (broad SMARTS) is 2. The molecule has 0 radical (unpaired) electrons. The second-order valence-electron chi connectivity index (χ2n) is 10.8. The highest BCUT2D eigenvalue weighted by Crippen LogP contribution is 2.39. The average molecular weight is 652 g/mol. The standard InChI is InChI=1S/C30H33N7O10/c31-29(45)36-32-14-19(12-23(38)39)33-27(43)22-11-18-8-4-7-17-9-10-20(28(44)37(22)25(17)18)34-26(42)21(13-24(40)41)35-30(46)47-15-16-5-2-1-3-6-16/h1-8,14,19-22H,9-13,15H2,(H,33,43)(H,34,42)(H,35,46)(H,38,39)(H,40,41)(H3,31,36,45)/b32-14+/t19-,20-,21?,22-/m0/s1. The minimum absolute atomic E-state index is 0.0777. The van der Waals surface area contributed by atoms with Gasteiger partial charge in [0.1, 0.15) is 24.7 Å². The van der Waals surface area contributed by atoms with E-state index < -0.39 is 78.8 Å². The first-order chi connectivity index (χ1) is 22.4. The first kappa shape index (κ1) is 33.9. The summed E-state index contributed by atoms with van der Waals surface area (Å²) >= 11 is 0. The van der Waals surface area contributed by atoms with Crippen LogP contribution in [0.5, 0.6) is 0 Å². The number of ether oxygens (including phenoxy) is 1. The van der Waals surface area contributed by atoms with Crippen LogP contribution in [0.4, 0.5) is 15.3 Å². The van der Waals surface area contributed by atoms with E-state index >= 15 is 0 Å². The molecule has 2 aliphatic rings. The zero-order chi connectivity index (χ0) is 34.1. The maximum Gasteiger partial charge on any atom is 0.408 e. The van der Waals surface area contributed by atoms with E-state index in [2.05, 4.69) is 21.1 Å². The molecular formula is C30H33N7O10. The fourth-order valence-electron chi connectivity index (χ4n) is 5.34. The number of benzene rings is 2. The molecule has 0 saturated carbocycles. The number of carbonyl (C=O) groups excluding carboxylic acids is 5. The summed E-state index contributed by atoms with van der Waals surface area (Å²) in [5.74, 6) is -5.01. The quantitative estimate of drug-likeness (QED) is 0.110. The molecule has 8 N–H and O–H groups in total. The summed E-state index contributed by atoms with van der Waals surface area (Å²) in [5, 5.41) is 29.5. The van der Waals surface area contributed by atoms with Crippen molar-refractivity contribution >= 4 is 53.7 Å². The average Bonchev–Trinajstić information content (AvgIpc) is 3.35. The van der Waals surface area contributed by atoms with E-state index in [9.17, 15) is 43.8 Å². The number of hydrazone groups is 1. The second-order valence-corrected chi connectivity index (χ2v) is 10.8. The fraction of sp³-hybridized carbons (Fsp3) is 0.333. The van der Waals surface area contributed by atoms with E-state index in [0.717, 1.165) is 11.8 Å². The van der Waals surface area contributed by atoms with Crippen LogP contribution in [-0.2, 0) is 48.2 Å². The highest BCUT2D eigenvalue weighted by molar-refractivity contribution is 6.08. The fourth-order valence-corrected chi connectivity index (χ4v) is 5.34. The van der Waals surface area contributed by atoms with Gasteiger partial charge in [0.25, 0.3) is 0 Å². The molecule has 6 amide bonds. The SMILES string of the molecule is NC(=O)N/N=C/[C@H](CC(=O)O)NC(=O)[C@@H]1Cc2cccc3c2N1C(=O)[C@@H](NC(=O)C(CC(=O)O)NC(=O)OCc1ccccc1)CC3. The third-order valence-corrected chi connectivity index (χ3v) is 7.38. The molecule has 0 bridgehead atoms. The van der Waals surface area contributed by atoms with Crippen LogP contribution in [0.3, 0.4) is 0 Å². The second kappa shape index (κ2) is 15.3. The van der Waals surface area contributed by atoms with Gasteiger partial charge in [-0.25, -0.2) is 15.0 Å². The van der Waals surface area contributed by atoms with Gasteiger partial charge in [-0.1, -0.05) is 48.5 Å². The summed E-state index contributed by atoms with van der Waals surface area (Å²) in [6, 6.07) is 7.81. The van der Waals surface area contributed by atoms with E-state index in [-0.39, 0.29) is 19.4 Å². The Kier molecular flexibility index (Phi) is 11.1. The predicted molar refractivity (Wildman–Crippen MR) is 163 cm³/mol. The highest BCUT2D eigenvalue weighted by Gasteiger charge is 2.44. The molecule has 0 fully saturated rings. The Bertz CT molecular complexity index is 1580. The zero-order valence-corrected chi connectivity index (χ0v) is 24.9. The molecule has 248 valence electrons. The van der Waals surface area contributed by atoms with Gasteiger partial charge in [0, 0.05) is 12.6 Å². The van der Waals surface area contributed by atoms with Crippen molar-refractivity contribution in [1.82, 2.24) is 21.4 Å². The van der Waals surface area contributed by atoms with Gasteiger partial charge >= 0.3 is 24.1 Å². The van der Waals surface area contributed by atoms with Crippen molar-refractivity contribution in [1.29, 1.82) is 0 Å². The molecule has 4 atom stereocenters. The van der Waals surface area contributed by atoms with Crippen molar-refractivity contribution in [3.05, 3.63) is 65.2 Å². The van der Waals surface area contributed by atoms with Crippen molar-refractivity contribution < 1.29 is 48.5 Å². The smallest absolute Gasteiger partial charge is 0.408 e. The van der Waals surface area contributed by atoms with Gasteiger partial charge in [-0.3, -0.25) is 28.9 Å². The largest absolute Gasteiger partial charge is 0.481 e. The first-order valence-electron chi connectivity index (χ1n) is 14.5. The first-order valence-corrected chi connectivity index (χ1v) is 14.5. The van der Waals surface area contributed by atoms with E-state index in [0.29, 0.717) is 23.2 Å². The number of para-hydroxylation sites is 1. The van der Waals surface area contributed by atoms with E-state index in [4.69, 9.17) is 10.5 Å². The molecule has 2 aliphatic heterocycles. The van der Waals surface area contributed by atoms with Crippen LogP contribution in [-0.4, -0.2) is 82.4 Å². The van der Waals surface area contributed by atoms with Crippen LogP contribution in [0.2, 0.25) is 0 Å². The lowest BCUT2D eigenvalue weighted by Crippen LogP contribution is -2.58. The summed E-state index contributed by atoms with van der Waals surface area (Å²) < 4.78 is 5.12. The Hall–Kier alpha value is -6.00. The number of nitrogens with zero attached hydrogens (tertiary/aromatic N) is 2. The molecule has 2 aromatic carbocycles. The number of hydrogen-bond acceptors (Lipinski definition) is 9. The summed E-state index contributed by atoms with van der Waals surface area (Å²) in [4.78, 5) is 88.4. The van der Waals surface area contributed by atoms with Gasteiger partial charge < -0.3 is 36.6 Å². The van der Waals surface area contributed by atoms with Gasteiger partial charge in [0.15, 0.2) is 0 Å². The number of anilines is 1. The molecule has 0 spiro atoms. The molecule has 4 rings (SSSR count). The molecule has 17 heteroatoms. The van der Waals surface area contributed by atoms with Crippen LogP contribution in [0.15, 0.2) is 53.6 Å². The van der Waals surface area contributed by atoms with Gasteiger partial charge in [0.05, 0.1) is 24.6 Å². The molecular weight excluding hydrogens is 618 g/mol. The van der Waals surface area contributed by atoms with Crippen molar-refractivity contribution in [2.24, 2.45) is 10.8 Å². The number of amides is 6. The minimum Gasteiger partial charge on any atom is -0.481 e. The molecule has 1 unspecified atom stereocenters. The summed E-state index contributed by atoms with van der Waals surface area (Å²) in [6.07, 6.45) is -0.971. The molecule has 47 heavy (non-hydrogen) atoms. The third-order valence-electron chi connectivity index (χ3n) is 7.38. The summed E-state index contributed by atoms with van der Waals surface area (Å²) in [7, 11) is 0. The van der Waals surface area contributed by atoms with Gasteiger partial charge in [-0.05, 0) is 29.5 Å². The van der Waals surface area contributed by atoms with Crippen molar-refractivity contribution in [2.45, 2.75) is 62.9 Å². The summed E-state index contributed by atoms with van der Waals surface area (Å²) in [5.41, 5.74) is 9.43. The molecule has 17 nitrogen and oxygen atoms in total. The van der Waals surface area contributed by atoms with Crippen LogP contribution in [0, 0.1) is 0 Å². The maximum absolute atomic E-state index is 14.0. The number of carbonyl (C=O) groups is 7. The Morgan fingerprint density at radius 2 is 1.68 bits per heavy atom.